The largest absolute Gasteiger partial charge is 0.480 e. The molecule has 0 radical (unpaired) electrons. The molecule has 5 nitrogen and oxygen atoms in total. The summed E-state index contributed by atoms with van der Waals surface area (Å²) in [6.07, 6.45) is 0.458. The van der Waals surface area contributed by atoms with Gasteiger partial charge in [0.25, 0.3) is 0 Å². The fourth-order valence-corrected chi connectivity index (χ4v) is 2.60. The van der Waals surface area contributed by atoms with E-state index in [2.05, 4.69) is 0 Å². The first-order chi connectivity index (χ1) is 10.8. The second-order valence-corrected chi connectivity index (χ2v) is 6.07. The highest BCUT2D eigenvalue weighted by molar-refractivity contribution is 5.86. The molecule has 1 amide bonds. The van der Waals surface area contributed by atoms with Gasteiger partial charge in [0.15, 0.2) is 0 Å². The van der Waals surface area contributed by atoms with E-state index in [4.69, 9.17) is 5.11 Å². The lowest BCUT2D eigenvalue weighted by atomic mass is 10.1. The number of amides is 1. The Morgan fingerprint density at radius 2 is 1.96 bits per heavy atom. The average Bonchev–Trinajstić information content (AvgIpc) is 3.22. The molecular formula is C16H20F2N2O3. The van der Waals surface area contributed by atoms with Crippen LogP contribution in [0.2, 0.25) is 0 Å². The Kier molecular flexibility index (Phi) is 5.30. The smallest absolute Gasteiger partial charge is 0.323 e. The molecule has 1 fully saturated rings. The zero-order chi connectivity index (χ0) is 17.1. The predicted molar refractivity (Wildman–Crippen MR) is 80.0 cm³/mol. The van der Waals surface area contributed by atoms with Gasteiger partial charge in [-0.2, -0.15) is 0 Å². The molecule has 0 spiro atoms. The summed E-state index contributed by atoms with van der Waals surface area (Å²) in [6, 6.07) is 3.32. The number of aliphatic carboxylic acids is 1. The minimum absolute atomic E-state index is 0.289. The Hall–Kier alpha value is -2.02. The van der Waals surface area contributed by atoms with E-state index in [0.29, 0.717) is 25.1 Å². The van der Waals surface area contributed by atoms with Crippen molar-refractivity contribution < 1.29 is 23.5 Å². The molecule has 1 aromatic carbocycles. The maximum Gasteiger partial charge on any atom is 0.323 e. The maximum atomic E-state index is 13.8. The molecule has 23 heavy (non-hydrogen) atoms. The number of carbonyl (C=O) groups is 2. The van der Waals surface area contributed by atoms with Crippen molar-refractivity contribution in [2.75, 3.05) is 33.7 Å². The first-order valence-electron chi connectivity index (χ1n) is 7.40. The molecule has 1 N–H and O–H groups in total. The van der Waals surface area contributed by atoms with Crippen LogP contribution >= 0.6 is 0 Å². The Bertz CT molecular complexity index is 607. The van der Waals surface area contributed by atoms with E-state index in [1.807, 2.05) is 19.0 Å². The number of carboxylic acid groups (broad SMARTS) is 1. The Morgan fingerprint density at radius 1 is 1.26 bits per heavy atom. The average molecular weight is 326 g/mol. The second-order valence-electron chi connectivity index (χ2n) is 6.07. The molecule has 126 valence electrons. The lowest BCUT2D eigenvalue weighted by molar-refractivity contribution is -0.145. The summed E-state index contributed by atoms with van der Waals surface area (Å²) in [7, 11) is 3.66. The van der Waals surface area contributed by atoms with Crippen molar-refractivity contribution in [1.82, 2.24) is 9.80 Å². The topological polar surface area (TPSA) is 60.9 Å². The van der Waals surface area contributed by atoms with Crippen molar-refractivity contribution in [1.29, 1.82) is 0 Å². The minimum atomic E-state index is -1.08. The number of carbonyl (C=O) groups excluding carboxylic acids is 1. The van der Waals surface area contributed by atoms with E-state index in [0.717, 1.165) is 6.07 Å². The van der Waals surface area contributed by atoms with Crippen LogP contribution in [0, 0.1) is 17.6 Å². The molecule has 0 saturated heterocycles. The number of nitrogens with zero attached hydrogens (tertiary/aromatic N) is 2. The number of halogens is 2. The van der Waals surface area contributed by atoms with E-state index in [1.54, 1.807) is 0 Å². The quantitative estimate of drug-likeness (QED) is 0.826. The Labute approximate surface area is 133 Å². The van der Waals surface area contributed by atoms with Gasteiger partial charge < -0.3 is 14.9 Å². The zero-order valence-electron chi connectivity index (χ0n) is 13.1. The van der Waals surface area contributed by atoms with Crippen LogP contribution in [0.3, 0.4) is 0 Å². The molecule has 2 atom stereocenters. The van der Waals surface area contributed by atoms with Gasteiger partial charge in [-0.25, -0.2) is 8.78 Å². The molecule has 0 heterocycles. The molecule has 0 bridgehead atoms. The van der Waals surface area contributed by atoms with Crippen LogP contribution in [0.4, 0.5) is 8.78 Å². The lowest BCUT2D eigenvalue weighted by Crippen LogP contribution is -2.41. The van der Waals surface area contributed by atoms with Gasteiger partial charge in [-0.05, 0) is 38.1 Å². The normalized spacial score (nSPS) is 19.7. The van der Waals surface area contributed by atoms with Crippen LogP contribution in [0.5, 0.6) is 0 Å². The fourth-order valence-electron chi connectivity index (χ4n) is 2.60. The van der Waals surface area contributed by atoms with Gasteiger partial charge in [-0.1, -0.05) is 6.07 Å². The van der Waals surface area contributed by atoms with Crippen molar-refractivity contribution in [3.63, 3.8) is 0 Å². The molecule has 1 aliphatic carbocycles. The Morgan fingerprint density at radius 3 is 2.52 bits per heavy atom. The summed E-state index contributed by atoms with van der Waals surface area (Å²) >= 11 is 0. The highest BCUT2D eigenvalue weighted by atomic mass is 19.1. The summed E-state index contributed by atoms with van der Waals surface area (Å²) in [5, 5.41) is 8.95. The fraction of sp³-hybridized carbons (Fsp3) is 0.500. The molecule has 1 aromatic rings. The third-order valence-electron chi connectivity index (χ3n) is 3.92. The van der Waals surface area contributed by atoms with Crippen LogP contribution in [0.1, 0.15) is 17.9 Å². The summed E-state index contributed by atoms with van der Waals surface area (Å²) in [5.41, 5.74) is 0.313. The highest BCUT2D eigenvalue weighted by Gasteiger charge is 2.47. The van der Waals surface area contributed by atoms with Crippen molar-refractivity contribution in [3.8, 4) is 0 Å². The van der Waals surface area contributed by atoms with Gasteiger partial charge in [0.05, 0.1) is 0 Å². The van der Waals surface area contributed by atoms with E-state index >= 15 is 0 Å². The van der Waals surface area contributed by atoms with Gasteiger partial charge in [-0.15, -0.1) is 0 Å². The monoisotopic (exact) mass is 326 g/mol. The standard InChI is InChI=1S/C16H20F2N2O3/c1-19(2)5-6-20(9-15(21)22)16(23)13-8-12(13)11-4-3-10(17)7-14(11)18/h3-4,7,12-13H,5-6,8-9H2,1-2H3,(H,21,22)/t12-,13+/m0/s1. The predicted octanol–water partition coefficient (Wildman–Crippen LogP) is 1.54. The van der Waals surface area contributed by atoms with Gasteiger partial charge >= 0.3 is 5.97 Å². The number of likely N-dealkylation sites (N-methyl/N-ethyl adjacent to an activating group) is 1. The number of benzene rings is 1. The molecule has 0 aromatic heterocycles. The molecular weight excluding hydrogens is 306 g/mol. The van der Waals surface area contributed by atoms with Crippen molar-refractivity contribution in [2.24, 2.45) is 5.92 Å². The van der Waals surface area contributed by atoms with E-state index in [9.17, 15) is 18.4 Å². The Balaban J connectivity index is 2.05. The van der Waals surface area contributed by atoms with Gasteiger partial charge in [0, 0.05) is 25.1 Å². The van der Waals surface area contributed by atoms with Crippen molar-refractivity contribution in [3.05, 3.63) is 35.4 Å². The molecule has 7 heteroatoms. The van der Waals surface area contributed by atoms with Crippen LogP contribution < -0.4 is 0 Å². The maximum absolute atomic E-state index is 13.8. The van der Waals surface area contributed by atoms with E-state index in [-0.39, 0.29) is 18.4 Å². The second kappa shape index (κ2) is 7.04. The first-order valence-corrected chi connectivity index (χ1v) is 7.40. The molecule has 0 unspecified atom stereocenters. The summed E-state index contributed by atoms with van der Waals surface area (Å²) in [6.45, 7) is 0.469. The molecule has 0 aliphatic heterocycles. The van der Waals surface area contributed by atoms with Crippen molar-refractivity contribution >= 4 is 11.9 Å². The summed E-state index contributed by atoms with van der Waals surface area (Å²) in [5.74, 6) is -3.43. The van der Waals surface area contributed by atoms with Crippen LogP contribution in [-0.4, -0.2) is 60.5 Å². The highest BCUT2D eigenvalue weighted by Crippen LogP contribution is 2.49. The summed E-state index contributed by atoms with van der Waals surface area (Å²) in [4.78, 5) is 26.5. The third kappa shape index (κ3) is 4.48. The lowest BCUT2D eigenvalue weighted by Gasteiger charge is -2.23. The SMILES string of the molecule is CN(C)CCN(CC(=O)O)C(=O)[C@@H]1C[C@H]1c1ccc(F)cc1F. The molecule has 1 saturated carbocycles. The third-order valence-corrected chi connectivity index (χ3v) is 3.92. The van der Waals surface area contributed by atoms with Gasteiger partial charge in [-0.3, -0.25) is 9.59 Å². The molecule has 1 aliphatic rings. The van der Waals surface area contributed by atoms with Gasteiger partial charge in [0.2, 0.25) is 5.91 Å². The minimum Gasteiger partial charge on any atom is -0.480 e. The number of hydrogen-bond acceptors (Lipinski definition) is 3. The number of rotatable bonds is 7. The van der Waals surface area contributed by atoms with Gasteiger partial charge in [0.1, 0.15) is 18.2 Å². The van der Waals surface area contributed by atoms with Crippen molar-refractivity contribution in [2.45, 2.75) is 12.3 Å². The van der Waals surface area contributed by atoms with Crippen LogP contribution in [0.15, 0.2) is 18.2 Å². The van der Waals surface area contributed by atoms with Crippen LogP contribution in [0.25, 0.3) is 0 Å². The van der Waals surface area contributed by atoms with E-state index < -0.39 is 23.5 Å². The number of hydrogen-bond donors (Lipinski definition) is 1. The number of carboxylic acids is 1. The first kappa shape index (κ1) is 17.3. The molecule has 2 rings (SSSR count). The van der Waals surface area contributed by atoms with E-state index in [1.165, 1.54) is 17.0 Å². The summed E-state index contributed by atoms with van der Waals surface area (Å²) < 4.78 is 26.7. The zero-order valence-corrected chi connectivity index (χ0v) is 13.1. The van der Waals surface area contributed by atoms with Crippen LogP contribution in [-0.2, 0) is 9.59 Å².